The van der Waals surface area contributed by atoms with E-state index in [1.807, 2.05) is 18.2 Å². The Morgan fingerprint density at radius 2 is 1.79 bits per heavy atom. The number of carbonyl (C=O) groups excluding carboxylic acids is 1. The molecule has 0 saturated carbocycles. The van der Waals surface area contributed by atoms with Gasteiger partial charge < -0.3 is 14.8 Å². The Labute approximate surface area is 197 Å². The van der Waals surface area contributed by atoms with Gasteiger partial charge >= 0.3 is 6.18 Å². The van der Waals surface area contributed by atoms with Crippen LogP contribution in [0.4, 0.5) is 18.9 Å². The molecule has 0 fully saturated rings. The van der Waals surface area contributed by atoms with Crippen molar-refractivity contribution in [3.63, 3.8) is 0 Å². The van der Waals surface area contributed by atoms with Crippen molar-refractivity contribution in [1.82, 2.24) is 0 Å². The van der Waals surface area contributed by atoms with Crippen molar-refractivity contribution in [2.24, 2.45) is 0 Å². The van der Waals surface area contributed by atoms with Crippen molar-refractivity contribution in [1.29, 1.82) is 0 Å². The van der Waals surface area contributed by atoms with Gasteiger partial charge in [-0.25, -0.2) is 0 Å². The van der Waals surface area contributed by atoms with Crippen LogP contribution in [0.3, 0.4) is 0 Å². The zero-order valence-corrected chi connectivity index (χ0v) is 18.6. The van der Waals surface area contributed by atoms with Gasteiger partial charge in [-0.3, -0.25) is 4.79 Å². The molecule has 1 N–H and O–H groups in total. The second-order valence-electron chi connectivity index (χ2n) is 7.18. The molecular formula is C24H16Cl2F3NO3. The van der Waals surface area contributed by atoms with Gasteiger partial charge in [0, 0.05) is 27.4 Å². The fourth-order valence-electron chi connectivity index (χ4n) is 3.41. The summed E-state index contributed by atoms with van der Waals surface area (Å²) < 4.78 is 50.2. The van der Waals surface area contributed by atoms with Crippen LogP contribution >= 0.6 is 23.2 Å². The summed E-state index contributed by atoms with van der Waals surface area (Å²) in [6.45, 7) is 0.160. The Morgan fingerprint density at radius 1 is 1.03 bits per heavy atom. The van der Waals surface area contributed by atoms with E-state index in [1.165, 1.54) is 19.3 Å². The molecule has 0 unspecified atom stereocenters. The number of halogens is 5. The molecule has 33 heavy (non-hydrogen) atoms. The number of ether oxygens (including phenoxy) is 2. The Balaban J connectivity index is 1.65. The molecule has 4 nitrogen and oxygen atoms in total. The minimum atomic E-state index is -4.51. The molecule has 1 heterocycles. The van der Waals surface area contributed by atoms with E-state index in [2.05, 4.69) is 5.32 Å². The molecule has 0 radical (unpaired) electrons. The standard InChI is InChI=1S/C24H16Cl2F3NO3/c1-32-21-10-13(9-19(26)22(21)33-12-14-4-2-3-5-18(14)25)8-17-16-7-6-15(24(27,28)29)11-20(16)30-23(17)31/h2-11H,12H2,1H3,(H,30,31)/b17-8-. The molecule has 0 atom stereocenters. The van der Waals surface area contributed by atoms with Gasteiger partial charge in [-0.15, -0.1) is 0 Å². The van der Waals surface area contributed by atoms with Crippen LogP contribution in [0.1, 0.15) is 22.3 Å². The number of methoxy groups -OCH3 is 1. The number of nitrogens with one attached hydrogen (secondary N) is 1. The van der Waals surface area contributed by atoms with E-state index >= 15 is 0 Å². The Bertz CT molecular complexity index is 1270. The van der Waals surface area contributed by atoms with Gasteiger partial charge in [0.1, 0.15) is 6.61 Å². The molecule has 0 spiro atoms. The number of rotatable bonds is 5. The molecule has 170 valence electrons. The lowest BCUT2D eigenvalue weighted by molar-refractivity contribution is -0.137. The van der Waals surface area contributed by atoms with Gasteiger partial charge in [0.05, 0.1) is 17.7 Å². The lowest BCUT2D eigenvalue weighted by Crippen LogP contribution is -2.06. The van der Waals surface area contributed by atoms with Crippen LogP contribution in [0.5, 0.6) is 11.5 Å². The number of fused-ring (bicyclic) bond motifs is 1. The van der Waals surface area contributed by atoms with Crippen molar-refractivity contribution in [3.8, 4) is 11.5 Å². The molecule has 1 aliphatic rings. The third-order valence-electron chi connectivity index (χ3n) is 5.02. The lowest BCUT2D eigenvalue weighted by Gasteiger charge is -2.14. The van der Waals surface area contributed by atoms with Crippen molar-refractivity contribution >= 4 is 46.4 Å². The van der Waals surface area contributed by atoms with E-state index in [-0.39, 0.29) is 22.9 Å². The first-order chi connectivity index (χ1) is 15.7. The minimum Gasteiger partial charge on any atom is -0.493 e. The number of hydrogen-bond acceptors (Lipinski definition) is 3. The Kier molecular flexibility index (Phi) is 6.28. The number of anilines is 1. The van der Waals surface area contributed by atoms with Crippen LogP contribution in [0.25, 0.3) is 11.6 Å². The molecule has 1 amide bonds. The van der Waals surface area contributed by atoms with Crippen LogP contribution in [-0.4, -0.2) is 13.0 Å². The second-order valence-corrected chi connectivity index (χ2v) is 8.00. The Hall–Kier alpha value is -3.16. The highest BCUT2D eigenvalue weighted by molar-refractivity contribution is 6.35. The number of amides is 1. The summed E-state index contributed by atoms with van der Waals surface area (Å²) in [7, 11) is 1.45. The van der Waals surface area contributed by atoms with Crippen LogP contribution in [0.2, 0.25) is 10.0 Å². The predicted molar refractivity (Wildman–Crippen MR) is 122 cm³/mol. The molecule has 0 aromatic heterocycles. The van der Waals surface area contributed by atoms with E-state index in [1.54, 1.807) is 18.2 Å². The summed E-state index contributed by atoms with van der Waals surface area (Å²) in [5.74, 6) is 0.109. The third-order valence-corrected chi connectivity index (χ3v) is 5.67. The number of benzene rings is 3. The SMILES string of the molecule is COc1cc(/C=C2\C(=O)Nc3cc(C(F)(F)F)ccc32)cc(Cl)c1OCc1ccccc1Cl. The van der Waals surface area contributed by atoms with E-state index in [0.717, 1.165) is 17.7 Å². The summed E-state index contributed by atoms with van der Waals surface area (Å²) in [6.07, 6.45) is -2.98. The van der Waals surface area contributed by atoms with Crippen LogP contribution in [-0.2, 0) is 17.6 Å². The Morgan fingerprint density at radius 3 is 2.48 bits per heavy atom. The average Bonchev–Trinajstić information content (AvgIpc) is 3.07. The molecule has 0 aliphatic carbocycles. The summed E-state index contributed by atoms with van der Waals surface area (Å²) in [5, 5.41) is 3.25. The highest BCUT2D eigenvalue weighted by atomic mass is 35.5. The molecule has 9 heteroatoms. The van der Waals surface area contributed by atoms with Crippen molar-refractivity contribution in [2.75, 3.05) is 12.4 Å². The highest BCUT2D eigenvalue weighted by Crippen LogP contribution is 2.41. The molecule has 1 aliphatic heterocycles. The normalized spacial score (nSPS) is 14.2. The third kappa shape index (κ3) is 4.79. The van der Waals surface area contributed by atoms with E-state index < -0.39 is 17.6 Å². The van der Waals surface area contributed by atoms with E-state index in [0.29, 0.717) is 27.6 Å². The van der Waals surface area contributed by atoms with Gasteiger partial charge in [0.25, 0.3) is 5.91 Å². The predicted octanol–water partition coefficient (Wildman–Crippen LogP) is 7.09. The van der Waals surface area contributed by atoms with Crippen LogP contribution < -0.4 is 14.8 Å². The van der Waals surface area contributed by atoms with Gasteiger partial charge in [-0.2, -0.15) is 13.2 Å². The topological polar surface area (TPSA) is 47.6 Å². The number of carbonyl (C=O) groups is 1. The van der Waals surface area contributed by atoms with Crippen LogP contribution in [0.15, 0.2) is 54.6 Å². The summed E-state index contributed by atoms with van der Waals surface area (Å²) in [5.41, 5.74) is 1.11. The van der Waals surface area contributed by atoms with Gasteiger partial charge in [-0.05, 0) is 42.0 Å². The van der Waals surface area contributed by atoms with E-state index in [4.69, 9.17) is 32.7 Å². The number of hydrogen-bond donors (Lipinski definition) is 1. The zero-order valence-electron chi connectivity index (χ0n) is 17.1. The maximum absolute atomic E-state index is 13.0. The highest BCUT2D eigenvalue weighted by Gasteiger charge is 2.33. The van der Waals surface area contributed by atoms with Gasteiger partial charge in [0.15, 0.2) is 11.5 Å². The van der Waals surface area contributed by atoms with E-state index in [9.17, 15) is 18.0 Å². The fourth-order valence-corrected chi connectivity index (χ4v) is 3.87. The molecule has 0 bridgehead atoms. The first kappa shape index (κ1) is 23.0. The number of alkyl halides is 3. The lowest BCUT2D eigenvalue weighted by atomic mass is 10.0. The summed E-state index contributed by atoms with van der Waals surface area (Å²) in [4.78, 5) is 12.4. The molecule has 3 aromatic carbocycles. The maximum Gasteiger partial charge on any atom is 0.416 e. The summed E-state index contributed by atoms with van der Waals surface area (Å²) in [6, 6.07) is 13.5. The van der Waals surface area contributed by atoms with Crippen molar-refractivity contribution in [3.05, 3.63) is 86.9 Å². The first-order valence-electron chi connectivity index (χ1n) is 9.66. The van der Waals surface area contributed by atoms with Crippen molar-refractivity contribution in [2.45, 2.75) is 12.8 Å². The second kappa shape index (κ2) is 9.00. The van der Waals surface area contributed by atoms with Crippen LogP contribution in [0, 0.1) is 0 Å². The molecule has 3 aromatic rings. The van der Waals surface area contributed by atoms with Gasteiger partial charge in [-0.1, -0.05) is 47.5 Å². The average molecular weight is 494 g/mol. The molecule has 4 rings (SSSR count). The summed E-state index contributed by atoms with van der Waals surface area (Å²) >= 11 is 12.6. The van der Waals surface area contributed by atoms with Crippen molar-refractivity contribution < 1.29 is 27.4 Å². The smallest absolute Gasteiger partial charge is 0.416 e. The largest absolute Gasteiger partial charge is 0.493 e. The quantitative estimate of drug-likeness (QED) is 0.385. The molecule has 0 saturated heterocycles. The maximum atomic E-state index is 13.0. The molecular weight excluding hydrogens is 478 g/mol. The van der Waals surface area contributed by atoms with Gasteiger partial charge in [0.2, 0.25) is 0 Å². The minimum absolute atomic E-state index is 0.0961. The first-order valence-corrected chi connectivity index (χ1v) is 10.4. The monoisotopic (exact) mass is 493 g/mol. The zero-order chi connectivity index (χ0) is 23.8. The fraction of sp³-hybridized carbons (Fsp3) is 0.125.